The second-order valence-corrected chi connectivity index (χ2v) is 12.3. The lowest BCUT2D eigenvalue weighted by molar-refractivity contribution is -0.122. The van der Waals surface area contributed by atoms with Crippen LogP contribution in [0.1, 0.15) is 44.7 Å². The molecule has 2 fully saturated rings. The van der Waals surface area contributed by atoms with Crippen molar-refractivity contribution in [3.05, 3.63) is 40.1 Å². The van der Waals surface area contributed by atoms with Crippen molar-refractivity contribution in [3.63, 3.8) is 0 Å². The first-order valence-corrected chi connectivity index (χ1v) is 14.8. The number of anilines is 1. The van der Waals surface area contributed by atoms with Crippen molar-refractivity contribution in [2.45, 2.75) is 51.5 Å². The molecular formula is C25H32Cl2N4O4S. The predicted molar refractivity (Wildman–Crippen MR) is 142 cm³/mol. The van der Waals surface area contributed by atoms with E-state index in [1.165, 1.54) is 6.20 Å². The first-order chi connectivity index (χ1) is 17.2. The Hall–Kier alpha value is -1.78. The molecule has 1 aliphatic heterocycles. The van der Waals surface area contributed by atoms with Crippen LogP contribution in [0.25, 0.3) is 11.3 Å². The lowest BCUT2D eigenvalue weighted by Crippen LogP contribution is -2.34. The number of hydrogen-bond donors (Lipinski definition) is 2. The summed E-state index contributed by atoms with van der Waals surface area (Å²) < 4.78 is 31.8. The number of sulfonamides is 1. The van der Waals surface area contributed by atoms with Gasteiger partial charge in [-0.05, 0) is 63.1 Å². The summed E-state index contributed by atoms with van der Waals surface area (Å²) in [6.45, 7) is 3.98. The van der Waals surface area contributed by atoms with Gasteiger partial charge in [-0.1, -0.05) is 23.2 Å². The topological polar surface area (TPSA) is 110 Å². The summed E-state index contributed by atoms with van der Waals surface area (Å²) in [5.74, 6) is 1.12. The van der Waals surface area contributed by atoms with Crippen LogP contribution in [-0.2, 0) is 26.0 Å². The Bertz CT molecular complexity index is 1190. The molecule has 196 valence electrons. The van der Waals surface area contributed by atoms with Crippen LogP contribution in [0.3, 0.4) is 0 Å². The van der Waals surface area contributed by atoms with Crippen molar-refractivity contribution in [1.29, 1.82) is 0 Å². The summed E-state index contributed by atoms with van der Waals surface area (Å²) in [4.78, 5) is 22.0. The van der Waals surface area contributed by atoms with Crippen molar-refractivity contribution in [2.24, 2.45) is 11.8 Å². The number of ketones is 1. The van der Waals surface area contributed by atoms with Crippen LogP contribution >= 0.6 is 23.2 Å². The molecule has 1 aliphatic carbocycles. The highest BCUT2D eigenvalue weighted by Crippen LogP contribution is 2.34. The third kappa shape index (κ3) is 7.16. The van der Waals surface area contributed by atoms with Gasteiger partial charge < -0.3 is 10.1 Å². The average Bonchev–Trinajstić information content (AvgIpc) is 3.33. The lowest BCUT2D eigenvalue weighted by atomic mass is 9.97. The smallest absolute Gasteiger partial charge is 0.211 e. The zero-order valence-electron chi connectivity index (χ0n) is 20.3. The van der Waals surface area contributed by atoms with Gasteiger partial charge in [-0.15, -0.1) is 0 Å². The Morgan fingerprint density at radius 3 is 2.67 bits per heavy atom. The molecule has 0 unspecified atom stereocenters. The summed E-state index contributed by atoms with van der Waals surface area (Å²) in [5, 5.41) is 4.25. The fourth-order valence-corrected chi connectivity index (χ4v) is 6.02. The lowest BCUT2D eigenvalue weighted by Gasteiger charge is -2.22. The molecule has 0 aromatic carbocycles. The zero-order chi connectivity index (χ0) is 25.7. The summed E-state index contributed by atoms with van der Waals surface area (Å²) in [6, 6.07) is 5.20. The van der Waals surface area contributed by atoms with E-state index in [1.54, 1.807) is 19.1 Å². The summed E-state index contributed by atoms with van der Waals surface area (Å²) >= 11 is 13.0. The van der Waals surface area contributed by atoms with Crippen molar-refractivity contribution in [1.82, 2.24) is 14.7 Å². The number of ether oxygens (including phenoxy) is 1. The van der Waals surface area contributed by atoms with Crippen molar-refractivity contribution >= 4 is 44.8 Å². The van der Waals surface area contributed by atoms with Gasteiger partial charge >= 0.3 is 0 Å². The fraction of sp³-hybridized carbons (Fsp3) is 0.560. The van der Waals surface area contributed by atoms with Crippen LogP contribution in [0, 0.1) is 11.8 Å². The van der Waals surface area contributed by atoms with Gasteiger partial charge in [0.1, 0.15) is 11.6 Å². The van der Waals surface area contributed by atoms with E-state index in [0.29, 0.717) is 58.0 Å². The highest BCUT2D eigenvalue weighted by atomic mass is 35.5. The van der Waals surface area contributed by atoms with Gasteiger partial charge in [-0.3, -0.25) is 9.78 Å². The van der Waals surface area contributed by atoms with Gasteiger partial charge in [0.05, 0.1) is 21.5 Å². The normalized spacial score (nSPS) is 21.0. The standard InChI is InChI=1S/C25H32Cl2N4O4S/c1-2-36(33,34)31-18-4-3-17(11-18)23(32)13-19-12-20(22(27)15-28-19)25-21(26)5-6-24(30-25)29-14-16-7-9-35-10-8-16/h5-6,12,15-18,31H,2-4,7-11,13-14H2,1H3,(H,29,30)/t17-,18+/m0/s1. The Kier molecular flexibility index (Phi) is 9.22. The maximum atomic E-state index is 13.0. The number of pyridine rings is 2. The molecular weight excluding hydrogens is 523 g/mol. The van der Waals surface area contributed by atoms with Crippen LogP contribution in [0.2, 0.25) is 10.0 Å². The molecule has 1 saturated heterocycles. The molecule has 2 atom stereocenters. The number of hydrogen-bond acceptors (Lipinski definition) is 7. The molecule has 3 heterocycles. The second kappa shape index (κ2) is 12.2. The van der Waals surface area contributed by atoms with E-state index >= 15 is 0 Å². The molecule has 0 amide bonds. The minimum atomic E-state index is -3.29. The van der Waals surface area contributed by atoms with E-state index < -0.39 is 10.0 Å². The van der Waals surface area contributed by atoms with Crippen LogP contribution in [0.5, 0.6) is 0 Å². The third-order valence-corrected chi connectivity index (χ3v) is 8.95. The molecule has 11 heteroatoms. The number of carbonyl (C=O) groups excluding carboxylic acids is 1. The average molecular weight is 556 g/mol. The molecule has 2 aromatic heterocycles. The molecule has 1 saturated carbocycles. The summed E-state index contributed by atoms with van der Waals surface area (Å²) in [6.07, 6.45) is 5.52. The number of nitrogens with one attached hydrogen (secondary N) is 2. The van der Waals surface area contributed by atoms with Crippen LogP contribution < -0.4 is 10.0 Å². The first kappa shape index (κ1) is 27.3. The molecule has 36 heavy (non-hydrogen) atoms. The SMILES string of the molecule is CCS(=O)(=O)N[C@@H]1CC[C@H](C(=O)Cc2cc(-c3nc(NCC4CCOCC4)ccc3Cl)c(Cl)cn2)C1. The highest BCUT2D eigenvalue weighted by molar-refractivity contribution is 7.89. The van der Waals surface area contributed by atoms with Gasteiger partial charge in [0, 0.05) is 55.6 Å². The van der Waals surface area contributed by atoms with E-state index in [1.807, 2.05) is 6.07 Å². The minimum absolute atomic E-state index is 0.0302. The van der Waals surface area contributed by atoms with Crippen LogP contribution in [0.15, 0.2) is 24.4 Å². The van der Waals surface area contributed by atoms with E-state index in [4.69, 9.17) is 32.9 Å². The van der Waals surface area contributed by atoms with Crippen molar-refractivity contribution in [3.8, 4) is 11.3 Å². The highest BCUT2D eigenvalue weighted by Gasteiger charge is 2.32. The quantitative estimate of drug-likeness (QED) is 0.444. The van der Waals surface area contributed by atoms with Gasteiger partial charge in [0.15, 0.2) is 0 Å². The monoisotopic (exact) mass is 554 g/mol. The number of carbonyl (C=O) groups is 1. The van der Waals surface area contributed by atoms with Gasteiger partial charge in [-0.2, -0.15) is 0 Å². The maximum Gasteiger partial charge on any atom is 0.211 e. The molecule has 2 aliphatic rings. The molecule has 0 spiro atoms. The van der Waals surface area contributed by atoms with Gasteiger partial charge in [0.25, 0.3) is 0 Å². The van der Waals surface area contributed by atoms with Crippen molar-refractivity contribution in [2.75, 3.05) is 30.8 Å². The summed E-state index contributed by atoms with van der Waals surface area (Å²) in [7, 11) is -3.29. The Labute approximate surface area is 222 Å². The minimum Gasteiger partial charge on any atom is -0.381 e. The largest absolute Gasteiger partial charge is 0.381 e. The number of Topliss-reactive ketones (excluding diaryl/α,β-unsaturated/α-hetero) is 1. The molecule has 2 aromatic rings. The van der Waals surface area contributed by atoms with E-state index in [-0.39, 0.29) is 29.9 Å². The first-order valence-electron chi connectivity index (χ1n) is 12.4. The molecule has 0 radical (unpaired) electrons. The van der Waals surface area contributed by atoms with Crippen LogP contribution in [-0.4, -0.2) is 55.7 Å². The molecule has 0 bridgehead atoms. The Balaban J connectivity index is 1.43. The van der Waals surface area contributed by atoms with E-state index in [2.05, 4.69) is 15.0 Å². The number of nitrogens with zero attached hydrogens (tertiary/aromatic N) is 2. The number of rotatable bonds is 10. The maximum absolute atomic E-state index is 13.0. The molecule has 4 rings (SSSR count). The number of halogens is 2. The Morgan fingerprint density at radius 2 is 1.92 bits per heavy atom. The fourth-order valence-electron chi connectivity index (χ4n) is 4.73. The van der Waals surface area contributed by atoms with E-state index in [9.17, 15) is 13.2 Å². The predicted octanol–water partition coefficient (Wildman–Crippen LogP) is 4.51. The molecule has 2 N–H and O–H groups in total. The van der Waals surface area contributed by atoms with Crippen LogP contribution in [0.4, 0.5) is 5.82 Å². The number of aromatic nitrogens is 2. The van der Waals surface area contributed by atoms with Gasteiger partial charge in [0.2, 0.25) is 10.0 Å². The van der Waals surface area contributed by atoms with Gasteiger partial charge in [-0.25, -0.2) is 18.1 Å². The van der Waals surface area contributed by atoms with Crippen molar-refractivity contribution < 1.29 is 17.9 Å². The molecule has 8 nitrogen and oxygen atoms in total. The van der Waals surface area contributed by atoms with E-state index in [0.717, 1.165) is 32.6 Å². The third-order valence-electron chi connectivity index (χ3n) is 6.90. The zero-order valence-corrected chi connectivity index (χ0v) is 22.6. The summed E-state index contributed by atoms with van der Waals surface area (Å²) in [5.41, 5.74) is 1.73. The second-order valence-electron chi connectivity index (χ2n) is 9.49. The Morgan fingerprint density at radius 1 is 1.14 bits per heavy atom.